The molecule has 0 aliphatic carbocycles. The maximum atomic E-state index is 12.3. The number of nitrogens with one attached hydrogen (secondary N) is 1. The van der Waals surface area contributed by atoms with E-state index in [-0.39, 0.29) is 18.4 Å². The molecule has 25 heavy (non-hydrogen) atoms. The largest absolute Gasteiger partial charge is 0.482 e. The zero-order valence-electron chi connectivity index (χ0n) is 14.0. The third kappa shape index (κ3) is 3.97. The summed E-state index contributed by atoms with van der Waals surface area (Å²) in [5, 5.41) is 2.77. The van der Waals surface area contributed by atoms with Gasteiger partial charge in [0.25, 0.3) is 11.8 Å². The Morgan fingerprint density at radius 2 is 2.04 bits per heavy atom. The molecule has 0 aromatic heterocycles. The number of fused-ring (bicyclic) bond motifs is 1. The average molecular weight is 340 g/mol. The molecule has 0 bridgehead atoms. The van der Waals surface area contributed by atoms with E-state index in [0.29, 0.717) is 36.7 Å². The number of methoxy groups -OCH3 is 1. The van der Waals surface area contributed by atoms with Crippen LogP contribution < -0.4 is 15.0 Å². The molecule has 6 heteroatoms. The second-order valence-corrected chi connectivity index (χ2v) is 5.69. The molecule has 0 radical (unpaired) electrons. The highest BCUT2D eigenvalue weighted by molar-refractivity contribution is 6.01. The number of hydrogen-bond donors (Lipinski definition) is 1. The average Bonchev–Trinajstić information content (AvgIpc) is 2.64. The predicted molar refractivity (Wildman–Crippen MR) is 93.8 cm³/mol. The lowest BCUT2D eigenvalue weighted by Crippen LogP contribution is -2.38. The molecule has 1 aliphatic rings. The SMILES string of the molecule is COCCNC(=O)c1ccc2c(c1)N(Cc1ccccc1)C(=O)CO2. The molecule has 130 valence electrons. The molecule has 3 rings (SSSR count). The first-order valence-corrected chi connectivity index (χ1v) is 8.07. The van der Waals surface area contributed by atoms with Gasteiger partial charge in [-0.1, -0.05) is 30.3 Å². The molecule has 2 amide bonds. The van der Waals surface area contributed by atoms with Crippen molar-refractivity contribution in [2.45, 2.75) is 6.54 Å². The highest BCUT2D eigenvalue weighted by Gasteiger charge is 2.26. The Balaban J connectivity index is 1.84. The van der Waals surface area contributed by atoms with E-state index in [9.17, 15) is 9.59 Å². The van der Waals surface area contributed by atoms with Crippen LogP contribution in [0.15, 0.2) is 48.5 Å². The Labute approximate surface area is 146 Å². The van der Waals surface area contributed by atoms with Crippen molar-refractivity contribution >= 4 is 17.5 Å². The van der Waals surface area contributed by atoms with Crippen molar-refractivity contribution in [2.24, 2.45) is 0 Å². The van der Waals surface area contributed by atoms with Gasteiger partial charge in [0.1, 0.15) is 5.75 Å². The van der Waals surface area contributed by atoms with Gasteiger partial charge in [-0.25, -0.2) is 0 Å². The van der Waals surface area contributed by atoms with Crippen LogP contribution in [0.5, 0.6) is 5.75 Å². The molecule has 2 aromatic rings. The fourth-order valence-corrected chi connectivity index (χ4v) is 2.65. The van der Waals surface area contributed by atoms with Crippen molar-refractivity contribution in [3.63, 3.8) is 0 Å². The van der Waals surface area contributed by atoms with Crippen LogP contribution in [0, 0.1) is 0 Å². The molecular weight excluding hydrogens is 320 g/mol. The Bertz CT molecular complexity index is 761. The molecule has 0 spiro atoms. The van der Waals surface area contributed by atoms with Crippen molar-refractivity contribution in [1.29, 1.82) is 0 Å². The molecule has 6 nitrogen and oxygen atoms in total. The zero-order chi connectivity index (χ0) is 17.6. The van der Waals surface area contributed by atoms with Crippen LogP contribution in [-0.2, 0) is 16.1 Å². The molecule has 2 aromatic carbocycles. The van der Waals surface area contributed by atoms with Gasteiger partial charge in [0.15, 0.2) is 6.61 Å². The normalized spacial score (nSPS) is 13.2. The van der Waals surface area contributed by atoms with Crippen LogP contribution in [-0.4, -0.2) is 38.7 Å². The molecule has 1 aliphatic heterocycles. The Morgan fingerprint density at radius 1 is 1.24 bits per heavy atom. The minimum absolute atomic E-state index is 0.000778. The minimum Gasteiger partial charge on any atom is -0.482 e. The third-order valence-electron chi connectivity index (χ3n) is 3.94. The molecular formula is C19H20N2O4. The van der Waals surface area contributed by atoms with Gasteiger partial charge in [0.2, 0.25) is 0 Å². The lowest BCUT2D eigenvalue weighted by molar-refractivity contribution is -0.121. The number of nitrogens with zero attached hydrogens (tertiary/aromatic N) is 1. The summed E-state index contributed by atoms with van der Waals surface area (Å²) in [6.07, 6.45) is 0. The quantitative estimate of drug-likeness (QED) is 0.817. The number of hydrogen-bond acceptors (Lipinski definition) is 4. The zero-order valence-corrected chi connectivity index (χ0v) is 14.0. The third-order valence-corrected chi connectivity index (χ3v) is 3.94. The topological polar surface area (TPSA) is 67.9 Å². The summed E-state index contributed by atoms with van der Waals surface area (Å²) in [6.45, 7) is 1.30. The van der Waals surface area contributed by atoms with E-state index in [1.165, 1.54) is 0 Å². The predicted octanol–water partition coefficient (Wildman–Crippen LogP) is 1.99. The van der Waals surface area contributed by atoms with Crippen molar-refractivity contribution in [3.05, 3.63) is 59.7 Å². The highest BCUT2D eigenvalue weighted by atomic mass is 16.5. The first-order valence-electron chi connectivity index (χ1n) is 8.07. The monoisotopic (exact) mass is 340 g/mol. The second kappa shape index (κ2) is 7.81. The first kappa shape index (κ1) is 17.0. The number of anilines is 1. The molecule has 0 atom stereocenters. The molecule has 0 fully saturated rings. The van der Waals surface area contributed by atoms with Gasteiger partial charge in [-0.15, -0.1) is 0 Å². The van der Waals surface area contributed by atoms with Crippen LogP contribution >= 0.6 is 0 Å². The van der Waals surface area contributed by atoms with Crippen LogP contribution in [0.4, 0.5) is 5.69 Å². The Kier molecular flexibility index (Phi) is 5.30. The van der Waals surface area contributed by atoms with Crippen LogP contribution in [0.1, 0.15) is 15.9 Å². The van der Waals surface area contributed by atoms with Gasteiger partial charge in [-0.2, -0.15) is 0 Å². The summed E-state index contributed by atoms with van der Waals surface area (Å²) >= 11 is 0. The number of rotatable bonds is 6. The number of carbonyl (C=O) groups excluding carboxylic acids is 2. The van der Waals surface area contributed by atoms with E-state index in [1.54, 1.807) is 30.2 Å². The molecule has 1 N–H and O–H groups in total. The minimum atomic E-state index is -0.211. The van der Waals surface area contributed by atoms with E-state index < -0.39 is 0 Å². The summed E-state index contributed by atoms with van der Waals surface area (Å²) in [5.41, 5.74) is 2.10. The summed E-state index contributed by atoms with van der Waals surface area (Å²) < 4.78 is 10.4. The maximum absolute atomic E-state index is 12.3. The van der Waals surface area contributed by atoms with Gasteiger partial charge in [0.05, 0.1) is 18.8 Å². The smallest absolute Gasteiger partial charge is 0.265 e. The first-order chi connectivity index (χ1) is 12.2. The summed E-state index contributed by atoms with van der Waals surface area (Å²) in [4.78, 5) is 26.2. The molecule has 0 saturated carbocycles. The number of benzene rings is 2. The standard InChI is InChI=1S/C19H20N2O4/c1-24-10-9-20-19(23)15-7-8-17-16(11-15)21(18(22)13-25-17)12-14-5-3-2-4-6-14/h2-8,11H,9-10,12-13H2,1H3,(H,20,23). The van der Waals surface area contributed by atoms with E-state index in [0.717, 1.165) is 5.56 Å². The Morgan fingerprint density at radius 3 is 2.80 bits per heavy atom. The van der Waals surface area contributed by atoms with Crippen LogP contribution in [0.2, 0.25) is 0 Å². The van der Waals surface area contributed by atoms with Crippen molar-refractivity contribution < 1.29 is 19.1 Å². The Hall–Kier alpha value is -2.86. The van der Waals surface area contributed by atoms with E-state index >= 15 is 0 Å². The van der Waals surface area contributed by atoms with E-state index in [4.69, 9.17) is 9.47 Å². The van der Waals surface area contributed by atoms with Gasteiger partial charge in [0, 0.05) is 19.2 Å². The lowest BCUT2D eigenvalue weighted by Gasteiger charge is -2.29. The summed E-state index contributed by atoms with van der Waals surface area (Å²) in [7, 11) is 1.58. The van der Waals surface area contributed by atoms with Crippen molar-refractivity contribution in [3.8, 4) is 5.75 Å². The summed E-state index contributed by atoms with van der Waals surface area (Å²) in [6, 6.07) is 14.8. The second-order valence-electron chi connectivity index (χ2n) is 5.69. The van der Waals surface area contributed by atoms with Gasteiger partial charge in [-0.05, 0) is 23.8 Å². The number of ether oxygens (including phenoxy) is 2. The fraction of sp³-hybridized carbons (Fsp3) is 0.263. The van der Waals surface area contributed by atoms with Crippen LogP contribution in [0.3, 0.4) is 0 Å². The molecule has 1 heterocycles. The molecule has 0 saturated heterocycles. The summed E-state index contributed by atoms with van der Waals surface area (Å²) in [5.74, 6) is 0.259. The van der Waals surface area contributed by atoms with Crippen molar-refractivity contribution in [2.75, 3.05) is 31.8 Å². The number of amides is 2. The lowest BCUT2D eigenvalue weighted by atomic mass is 10.1. The van der Waals surface area contributed by atoms with Gasteiger partial charge in [-0.3, -0.25) is 9.59 Å². The molecule has 0 unspecified atom stereocenters. The van der Waals surface area contributed by atoms with Crippen LogP contribution in [0.25, 0.3) is 0 Å². The van der Waals surface area contributed by atoms with Gasteiger partial charge < -0.3 is 19.7 Å². The number of carbonyl (C=O) groups is 2. The van der Waals surface area contributed by atoms with Crippen molar-refractivity contribution in [1.82, 2.24) is 5.32 Å². The maximum Gasteiger partial charge on any atom is 0.265 e. The fourth-order valence-electron chi connectivity index (χ4n) is 2.65. The van der Waals surface area contributed by atoms with E-state index in [2.05, 4.69) is 5.32 Å². The van der Waals surface area contributed by atoms with E-state index in [1.807, 2.05) is 30.3 Å². The highest BCUT2D eigenvalue weighted by Crippen LogP contribution is 2.34. The van der Waals surface area contributed by atoms with Gasteiger partial charge >= 0.3 is 0 Å².